The molecule has 0 aliphatic carbocycles. The Morgan fingerprint density at radius 3 is 1.90 bits per heavy atom. The topological polar surface area (TPSA) is 113 Å². The second-order valence-corrected chi connectivity index (χ2v) is 6.97. The molecule has 0 aliphatic heterocycles. The molecule has 0 saturated heterocycles. The third kappa shape index (κ3) is 11.2. The van der Waals surface area contributed by atoms with Crippen LogP contribution in [0.4, 0.5) is 0 Å². The summed E-state index contributed by atoms with van der Waals surface area (Å²) in [6, 6.07) is 0. The Bertz CT molecular complexity index is 434. The molecule has 0 rings (SSSR count). The fraction of sp³-hybridized carbons (Fsp3) is 0.846. The molecule has 0 spiro atoms. The van der Waals surface area contributed by atoms with Crippen molar-refractivity contribution in [2.75, 3.05) is 18.8 Å². The van der Waals surface area contributed by atoms with Gasteiger partial charge in [0.1, 0.15) is 0 Å². The van der Waals surface area contributed by atoms with Crippen LogP contribution >= 0.6 is 0 Å². The molecular weight excluding hydrogens is 296 g/mol. The largest absolute Gasteiger partial charge is 0.356 e. The number of carbonyl (C=O) groups excluding carboxylic acids is 2. The Morgan fingerprint density at radius 1 is 1.05 bits per heavy atom. The van der Waals surface area contributed by atoms with Crippen molar-refractivity contribution in [2.24, 2.45) is 11.8 Å². The van der Waals surface area contributed by atoms with Crippen molar-refractivity contribution in [3.8, 4) is 0 Å². The van der Waals surface area contributed by atoms with Crippen molar-refractivity contribution in [1.82, 2.24) is 10.6 Å². The van der Waals surface area contributed by atoms with Crippen molar-refractivity contribution in [3.05, 3.63) is 0 Å². The van der Waals surface area contributed by atoms with E-state index in [1.807, 2.05) is 20.8 Å². The zero-order valence-electron chi connectivity index (χ0n) is 12.9. The number of nitrogens with one attached hydrogen (secondary N) is 2. The highest BCUT2D eigenvalue weighted by molar-refractivity contribution is 7.85. The first-order valence-electron chi connectivity index (χ1n) is 7.14. The summed E-state index contributed by atoms with van der Waals surface area (Å²) in [6.07, 6.45) is 1.28. The second kappa shape index (κ2) is 9.73. The van der Waals surface area contributed by atoms with Gasteiger partial charge in [-0.3, -0.25) is 14.1 Å². The quantitative estimate of drug-likeness (QED) is 0.509. The maximum absolute atomic E-state index is 11.7. The molecule has 0 aromatic heterocycles. The Kier molecular flexibility index (Phi) is 9.19. The van der Waals surface area contributed by atoms with Crippen LogP contribution in [0.3, 0.4) is 0 Å². The average molecular weight is 322 g/mol. The smallest absolute Gasteiger partial charge is 0.266 e. The van der Waals surface area contributed by atoms with Crippen LogP contribution in [-0.2, 0) is 19.7 Å². The molecule has 0 heterocycles. The van der Waals surface area contributed by atoms with Crippen LogP contribution in [0.15, 0.2) is 0 Å². The molecule has 8 heteroatoms. The monoisotopic (exact) mass is 322 g/mol. The van der Waals surface area contributed by atoms with Gasteiger partial charge in [-0.1, -0.05) is 20.8 Å². The highest BCUT2D eigenvalue weighted by Gasteiger charge is 2.20. The summed E-state index contributed by atoms with van der Waals surface area (Å²) in [4.78, 5) is 23.4. The van der Waals surface area contributed by atoms with Gasteiger partial charge in [0.15, 0.2) is 0 Å². The van der Waals surface area contributed by atoms with E-state index >= 15 is 0 Å². The van der Waals surface area contributed by atoms with Gasteiger partial charge in [0.05, 0.1) is 5.75 Å². The van der Waals surface area contributed by atoms with Crippen LogP contribution in [0.5, 0.6) is 0 Å². The molecule has 1 unspecified atom stereocenters. The minimum Gasteiger partial charge on any atom is -0.356 e. The van der Waals surface area contributed by atoms with Gasteiger partial charge in [-0.15, -0.1) is 0 Å². The lowest BCUT2D eigenvalue weighted by atomic mass is 9.89. The molecule has 0 saturated carbocycles. The summed E-state index contributed by atoms with van der Waals surface area (Å²) >= 11 is 0. The maximum Gasteiger partial charge on any atom is 0.266 e. The number of carbonyl (C=O) groups is 2. The van der Waals surface area contributed by atoms with Crippen LogP contribution in [0.2, 0.25) is 0 Å². The Labute approximate surface area is 126 Å². The summed E-state index contributed by atoms with van der Waals surface area (Å²) < 4.78 is 29.7. The molecular formula is C13H26N2O5S. The fourth-order valence-corrected chi connectivity index (χ4v) is 2.11. The lowest BCUT2D eigenvalue weighted by Crippen LogP contribution is -2.33. The number of rotatable bonds is 10. The highest BCUT2D eigenvalue weighted by atomic mass is 32.2. The van der Waals surface area contributed by atoms with E-state index in [0.29, 0.717) is 6.54 Å². The molecule has 124 valence electrons. The molecule has 0 aromatic rings. The molecule has 7 nitrogen and oxygen atoms in total. The Hall–Kier alpha value is -1.15. The third-order valence-corrected chi connectivity index (χ3v) is 3.81. The van der Waals surface area contributed by atoms with E-state index < -0.39 is 15.9 Å². The summed E-state index contributed by atoms with van der Waals surface area (Å²) in [5.74, 6) is -0.860. The average Bonchev–Trinajstić information content (AvgIpc) is 2.33. The summed E-state index contributed by atoms with van der Waals surface area (Å²) in [5.41, 5.74) is 0. The van der Waals surface area contributed by atoms with Crippen molar-refractivity contribution in [1.29, 1.82) is 0 Å². The highest BCUT2D eigenvalue weighted by Crippen LogP contribution is 2.19. The van der Waals surface area contributed by atoms with E-state index in [1.165, 1.54) is 0 Å². The molecule has 0 bridgehead atoms. The molecule has 0 aromatic carbocycles. The van der Waals surface area contributed by atoms with Crippen molar-refractivity contribution in [3.63, 3.8) is 0 Å². The molecule has 0 radical (unpaired) electrons. The normalized spacial score (nSPS) is 13.0. The second-order valence-electron chi connectivity index (χ2n) is 5.40. The van der Waals surface area contributed by atoms with Crippen LogP contribution in [0.1, 0.15) is 40.0 Å². The summed E-state index contributed by atoms with van der Waals surface area (Å²) in [6.45, 7) is 6.31. The summed E-state index contributed by atoms with van der Waals surface area (Å²) in [7, 11) is -4.07. The van der Waals surface area contributed by atoms with Crippen LogP contribution in [0.25, 0.3) is 0 Å². The van der Waals surface area contributed by atoms with Crippen molar-refractivity contribution >= 4 is 21.9 Å². The summed E-state index contributed by atoms with van der Waals surface area (Å²) in [5, 5.41) is 5.20. The van der Waals surface area contributed by atoms with E-state index in [4.69, 9.17) is 4.55 Å². The van der Waals surface area contributed by atoms with Crippen LogP contribution < -0.4 is 10.6 Å². The molecule has 0 aliphatic rings. The maximum atomic E-state index is 11.7. The molecule has 1 atom stereocenters. The van der Waals surface area contributed by atoms with Gasteiger partial charge in [0.25, 0.3) is 10.1 Å². The van der Waals surface area contributed by atoms with Crippen molar-refractivity contribution in [2.45, 2.75) is 40.0 Å². The Balaban J connectivity index is 4.24. The van der Waals surface area contributed by atoms with E-state index in [9.17, 15) is 18.0 Å². The predicted molar refractivity (Wildman–Crippen MR) is 80.3 cm³/mol. The van der Waals surface area contributed by atoms with Gasteiger partial charge in [-0.25, -0.2) is 0 Å². The lowest BCUT2D eigenvalue weighted by Gasteiger charge is -2.20. The fourth-order valence-electron chi connectivity index (χ4n) is 1.75. The zero-order valence-corrected chi connectivity index (χ0v) is 13.7. The van der Waals surface area contributed by atoms with E-state index in [2.05, 4.69) is 10.6 Å². The van der Waals surface area contributed by atoms with E-state index in [-0.39, 0.29) is 43.0 Å². The van der Waals surface area contributed by atoms with Gasteiger partial charge in [0, 0.05) is 25.9 Å². The molecule has 3 N–H and O–H groups in total. The zero-order chi connectivity index (χ0) is 16.5. The van der Waals surface area contributed by atoms with E-state index in [1.54, 1.807) is 0 Å². The number of hydrogen-bond acceptors (Lipinski definition) is 4. The van der Waals surface area contributed by atoms with Gasteiger partial charge in [0.2, 0.25) is 11.8 Å². The molecule has 2 amide bonds. The molecule has 0 fully saturated rings. The van der Waals surface area contributed by atoms with Gasteiger partial charge in [-0.05, 0) is 18.3 Å². The first-order valence-corrected chi connectivity index (χ1v) is 8.75. The molecule has 21 heavy (non-hydrogen) atoms. The van der Waals surface area contributed by atoms with Crippen LogP contribution in [-0.4, -0.2) is 43.6 Å². The first kappa shape index (κ1) is 19.9. The van der Waals surface area contributed by atoms with Gasteiger partial charge < -0.3 is 10.6 Å². The first-order chi connectivity index (χ1) is 9.65. The third-order valence-electron chi connectivity index (χ3n) is 3.09. The number of hydrogen-bond donors (Lipinski definition) is 3. The minimum absolute atomic E-state index is 0.0821. The predicted octanol–water partition coefficient (Wildman–Crippen LogP) is 0.569. The van der Waals surface area contributed by atoms with Gasteiger partial charge >= 0.3 is 0 Å². The van der Waals surface area contributed by atoms with Crippen LogP contribution in [0, 0.1) is 11.8 Å². The lowest BCUT2D eigenvalue weighted by molar-refractivity contribution is -0.124. The Morgan fingerprint density at radius 2 is 1.52 bits per heavy atom. The van der Waals surface area contributed by atoms with Crippen molar-refractivity contribution < 1.29 is 22.6 Å². The minimum atomic E-state index is -4.07. The van der Waals surface area contributed by atoms with Gasteiger partial charge in [-0.2, -0.15) is 8.42 Å². The standard InChI is InChI=1S/C13H26N2O5S/c1-4-5-14-12(16)8-11(10(2)3)9-13(17)15-6-7-21(18,19)20/h10-11H,4-9H2,1-3H3,(H,14,16)(H,15,17)(H,18,19,20). The SMILES string of the molecule is CCCNC(=O)CC(CC(=O)NCCS(=O)(=O)O)C(C)C. The number of amides is 2. The van der Waals surface area contributed by atoms with E-state index in [0.717, 1.165) is 6.42 Å².